The molecule has 0 spiro atoms. The van der Waals surface area contributed by atoms with Gasteiger partial charge in [-0.3, -0.25) is 9.78 Å². The number of pyridine rings is 1. The highest BCUT2D eigenvalue weighted by molar-refractivity contribution is 6.30. The van der Waals surface area contributed by atoms with Gasteiger partial charge in [0.05, 0.1) is 23.0 Å². The third-order valence-corrected chi connectivity index (χ3v) is 4.83. The molecule has 6 heteroatoms. The number of nitrogens with one attached hydrogen (secondary N) is 1. The maximum atomic E-state index is 13.1. The SMILES string of the molecule is CC(NC(=O)c1cn(-c2ccccc2)nc1-c1ccc(Cl)cc1)c1ccccn1. The second-order valence-electron chi connectivity index (χ2n) is 6.63. The summed E-state index contributed by atoms with van der Waals surface area (Å²) < 4.78 is 1.71. The van der Waals surface area contributed by atoms with Crippen molar-refractivity contribution in [3.05, 3.63) is 101 Å². The van der Waals surface area contributed by atoms with Crippen LogP contribution >= 0.6 is 11.6 Å². The maximum Gasteiger partial charge on any atom is 0.255 e. The highest BCUT2D eigenvalue weighted by Gasteiger charge is 2.21. The van der Waals surface area contributed by atoms with Gasteiger partial charge < -0.3 is 5.32 Å². The van der Waals surface area contributed by atoms with E-state index >= 15 is 0 Å². The van der Waals surface area contributed by atoms with Crippen LogP contribution in [0, 0.1) is 0 Å². The first-order chi connectivity index (χ1) is 14.1. The zero-order valence-corrected chi connectivity index (χ0v) is 16.5. The lowest BCUT2D eigenvalue weighted by atomic mass is 10.1. The molecule has 1 amide bonds. The Morgan fingerprint density at radius 2 is 1.72 bits per heavy atom. The van der Waals surface area contributed by atoms with E-state index in [1.165, 1.54) is 0 Å². The first-order valence-electron chi connectivity index (χ1n) is 9.24. The van der Waals surface area contributed by atoms with Gasteiger partial charge in [0.25, 0.3) is 5.91 Å². The molecule has 4 aromatic rings. The largest absolute Gasteiger partial charge is 0.344 e. The van der Waals surface area contributed by atoms with Crippen LogP contribution in [0.15, 0.2) is 85.2 Å². The Labute approximate surface area is 174 Å². The molecule has 1 N–H and O–H groups in total. The summed E-state index contributed by atoms with van der Waals surface area (Å²) in [6.45, 7) is 1.91. The van der Waals surface area contributed by atoms with Crippen molar-refractivity contribution >= 4 is 17.5 Å². The average molecular weight is 403 g/mol. The van der Waals surface area contributed by atoms with Crippen LogP contribution in [0.1, 0.15) is 29.0 Å². The van der Waals surface area contributed by atoms with Gasteiger partial charge in [-0.1, -0.05) is 48.0 Å². The number of benzene rings is 2. The molecular weight excluding hydrogens is 384 g/mol. The van der Waals surface area contributed by atoms with Crippen LogP contribution in [0.3, 0.4) is 0 Å². The number of rotatable bonds is 5. The smallest absolute Gasteiger partial charge is 0.255 e. The van der Waals surface area contributed by atoms with Crippen molar-refractivity contribution in [1.29, 1.82) is 0 Å². The van der Waals surface area contributed by atoms with Crippen molar-refractivity contribution in [3.63, 3.8) is 0 Å². The number of halogens is 1. The molecular formula is C23H19ClN4O. The fraction of sp³-hybridized carbons (Fsp3) is 0.0870. The van der Waals surface area contributed by atoms with Gasteiger partial charge in [-0.2, -0.15) is 5.10 Å². The first-order valence-corrected chi connectivity index (χ1v) is 9.62. The summed E-state index contributed by atoms with van der Waals surface area (Å²) in [4.78, 5) is 17.4. The predicted octanol–water partition coefficient (Wildman–Crippen LogP) is 5.08. The molecule has 29 heavy (non-hydrogen) atoms. The summed E-state index contributed by atoms with van der Waals surface area (Å²) in [5, 5.41) is 8.33. The lowest BCUT2D eigenvalue weighted by molar-refractivity contribution is 0.0939. The van der Waals surface area contributed by atoms with Gasteiger partial charge in [-0.25, -0.2) is 4.68 Å². The molecule has 0 fully saturated rings. The molecule has 0 aliphatic carbocycles. The van der Waals surface area contributed by atoms with Crippen molar-refractivity contribution in [2.75, 3.05) is 0 Å². The number of nitrogens with zero attached hydrogens (tertiary/aromatic N) is 3. The molecule has 0 aliphatic heterocycles. The second-order valence-corrected chi connectivity index (χ2v) is 7.06. The monoisotopic (exact) mass is 402 g/mol. The Kier molecular flexibility index (Phi) is 5.40. The van der Waals surface area contributed by atoms with Crippen molar-refractivity contribution in [2.24, 2.45) is 0 Å². The molecule has 5 nitrogen and oxygen atoms in total. The van der Waals surface area contributed by atoms with E-state index in [1.807, 2.05) is 67.6 Å². The topological polar surface area (TPSA) is 59.8 Å². The zero-order chi connectivity index (χ0) is 20.2. The van der Waals surface area contributed by atoms with Crippen LogP contribution in [-0.2, 0) is 0 Å². The van der Waals surface area contributed by atoms with E-state index in [0.717, 1.165) is 16.9 Å². The van der Waals surface area contributed by atoms with Crippen molar-refractivity contribution < 1.29 is 4.79 Å². The summed E-state index contributed by atoms with van der Waals surface area (Å²) >= 11 is 6.03. The van der Waals surface area contributed by atoms with Crippen LogP contribution in [0.4, 0.5) is 0 Å². The van der Waals surface area contributed by atoms with Gasteiger partial charge in [0.15, 0.2) is 0 Å². The Hall–Kier alpha value is -3.44. The summed E-state index contributed by atoms with van der Waals surface area (Å²) in [5.41, 5.74) is 3.57. The minimum Gasteiger partial charge on any atom is -0.344 e. The van der Waals surface area contributed by atoms with Crippen LogP contribution in [0.25, 0.3) is 16.9 Å². The van der Waals surface area contributed by atoms with Gasteiger partial charge in [-0.05, 0) is 43.3 Å². The average Bonchev–Trinajstić information content (AvgIpc) is 3.21. The molecule has 2 heterocycles. The molecule has 4 rings (SSSR count). The standard InChI is InChI=1S/C23H19ClN4O/c1-16(21-9-5-6-14-25-21)26-23(29)20-15-28(19-7-3-2-4-8-19)27-22(20)17-10-12-18(24)13-11-17/h2-16H,1H3,(H,26,29). The Morgan fingerprint density at radius 1 is 1.00 bits per heavy atom. The number of hydrogen-bond donors (Lipinski definition) is 1. The van der Waals surface area contributed by atoms with Gasteiger partial charge in [0, 0.05) is 23.0 Å². The highest BCUT2D eigenvalue weighted by Crippen LogP contribution is 2.26. The van der Waals surface area contributed by atoms with Gasteiger partial charge in [0.2, 0.25) is 0 Å². The third-order valence-electron chi connectivity index (χ3n) is 4.58. The zero-order valence-electron chi connectivity index (χ0n) is 15.8. The molecule has 0 radical (unpaired) electrons. The molecule has 2 aromatic carbocycles. The third kappa shape index (κ3) is 4.20. The van der Waals surface area contributed by atoms with Crippen LogP contribution in [-0.4, -0.2) is 20.7 Å². The van der Waals surface area contributed by atoms with Crippen molar-refractivity contribution in [1.82, 2.24) is 20.1 Å². The van der Waals surface area contributed by atoms with Crippen LogP contribution < -0.4 is 5.32 Å². The van der Waals surface area contributed by atoms with Gasteiger partial charge >= 0.3 is 0 Å². The van der Waals surface area contributed by atoms with Crippen LogP contribution in [0.2, 0.25) is 5.02 Å². The first kappa shape index (κ1) is 18.9. The van der Waals surface area contributed by atoms with E-state index in [4.69, 9.17) is 11.6 Å². The van der Waals surface area contributed by atoms with E-state index in [2.05, 4.69) is 15.4 Å². The van der Waals surface area contributed by atoms with E-state index in [-0.39, 0.29) is 11.9 Å². The lowest BCUT2D eigenvalue weighted by Gasteiger charge is -2.13. The van der Waals surface area contributed by atoms with E-state index < -0.39 is 0 Å². The number of aromatic nitrogens is 3. The molecule has 0 saturated heterocycles. The number of carbonyl (C=O) groups is 1. The Bertz CT molecular complexity index is 1110. The molecule has 2 aromatic heterocycles. The normalized spacial score (nSPS) is 11.8. The van der Waals surface area contributed by atoms with E-state index in [0.29, 0.717) is 16.3 Å². The summed E-state index contributed by atoms with van der Waals surface area (Å²) in [7, 11) is 0. The summed E-state index contributed by atoms with van der Waals surface area (Å²) in [5.74, 6) is -0.213. The van der Waals surface area contributed by atoms with Gasteiger partial charge in [0.1, 0.15) is 5.69 Å². The summed E-state index contributed by atoms with van der Waals surface area (Å²) in [6, 6.07) is 22.4. The summed E-state index contributed by atoms with van der Waals surface area (Å²) in [6.07, 6.45) is 3.46. The molecule has 0 bridgehead atoms. The van der Waals surface area contributed by atoms with Crippen molar-refractivity contribution in [3.8, 4) is 16.9 Å². The predicted molar refractivity (Wildman–Crippen MR) is 114 cm³/mol. The second kappa shape index (κ2) is 8.29. The molecule has 144 valence electrons. The number of para-hydroxylation sites is 1. The molecule has 0 saturated carbocycles. The van der Waals surface area contributed by atoms with E-state index in [1.54, 1.807) is 29.2 Å². The number of carbonyl (C=O) groups excluding carboxylic acids is 1. The minimum absolute atomic E-state index is 0.213. The highest BCUT2D eigenvalue weighted by atomic mass is 35.5. The van der Waals surface area contributed by atoms with Crippen LogP contribution in [0.5, 0.6) is 0 Å². The quantitative estimate of drug-likeness (QED) is 0.506. The molecule has 1 unspecified atom stereocenters. The Balaban J connectivity index is 1.71. The fourth-order valence-electron chi connectivity index (χ4n) is 3.05. The fourth-order valence-corrected chi connectivity index (χ4v) is 3.18. The Morgan fingerprint density at radius 3 is 2.41 bits per heavy atom. The van der Waals surface area contributed by atoms with Crippen molar-refractivity contribution in [2.45, 2.75) is 13.0 Å². The van der Waals surface area contributed by atoms with Gasteiger partial charge in [-0.15, -0.1) is 0 Å². The van der Waals surface area contributed by atoms with E-state index in [9.17, 15) is 4.79 Å². The molecule has 0 aliphatic rings. The number of amides is 1. The molecule has 1 atom stereocenters. The maximum absolute atomic E-state index is 13.1. The minimum atomic E-state index is -0.234. The number of hydrogen-bond acceptors (Lipinski definition) is 3. The lowest BCUT2D eigenvalue weighted by Crippen LogP contribution is -2.27.